The minimum absolute atomic E-state index is 0.0826. The molecule has 1 N–H and O–H groups in total. The summed E-state index contributed by atoms with van der Waals surface area (Å²) in [6, 6.07) is 14.4. The minimum Gasteiger partial charge on any atom is -0.378 e. The van der Waals surface area contributed by atoms with E-state index in [-0.39, 0.29) is 11.9 Å². The molecule has 1 amide bonds. The van der Waals surface area contributed by atoms with E-state index < -0.39 is 0 Å². The maximum absolute atomic E-state index is 12.4. The van der Waals surface area contributed by atoms with Crippen LogP contribution >= 0.6 is 0 Å². The number of morpholine rings is 1. The fourth-order valence-corrected chi connectivity index (χ4v) is 3.47. The summed E-state index contributed by atoms with van der Waals surface area (Å²) >= 11 is 0. The second-order valence-corrected chi connectivity index (χ2v) is 7.26. The molecule has 28 heavy (non-hydrogen) atoms. The predicted molar refractivity (Wildman–Crippen MR) is 112 cm³/mol. The van der Waals surface area contributed by atoms with Gasteiger partial charge in [-0.2, -0.15) is 0 Å². The smallest absolute Gasteiger partial charge is 0.221 e. The molecule has 0 radical (unpaired) electrons. The van der Waals surface area contributed by atoms with E-state index in [2.05, 4.69) is 40.3 Å². The van der Waals surface area contributed by atoms with Gasteiger partial charge in [0, 0.05) is 44.5 Å². The monoisotopic (exact) mass is 379 g/mol. The van der Waals surface area contributed by atoms with Gasteiger partial charge >= 0.3 is 0 Å². The number of carbonyl (C=O) groups excluding carboxylic acids is 1. The van der Waals surface area contributed by atoms with Crippen molar-refractivity contribution < 1.29 is 9.53 Å². The molecule has 5 heteroatoms. The molecule has 1 atom stereocenters. The first-order chi connectivity index (χ1) is 13.7. The van der Waals surface area contributed by atoms with Crippen molar-refractivity contribution in [2.75, 3.05) is 32.8 Å². The number of hydrogen-bond donors (Lipinski definition) is 1. The maximum atomic E-state index is 12.4. The lowest BCUT2D eigenvalue weighted by Crippen LogP contribution is -2.48. The zero-order valence-electron chi connectivity index (χ0n) is 16.5. The molecule has 148 valence electrons. The Hall–Kier alpha value is -2.50. The first-order valence-electron chi connectivity index (χ1n) is 9.90. The van der Waals surface area contributed by atoms with Crippen molar-refractivity contribution in [1.82, 2.24) is 15.2 Å². The van der Waals surface area contributed by atoms with E-state index in [4.69, 9.17) is 4.74 Å². The minimum atomic E-state index is 0.0826. The van der Waals surface area contributed by atoms with E-state index in [1.807, 2.05) is 30.3 Å². The van der Waals surface area contributed by atoms with Crippen molar-refractivity contribution in [3.8, 4) is 0 Å². The first kappa shape index (κ1) is 20.2. The van der Waals surface area contributed by atoms with Gasteiger partial charge in [0.15, 0.2) is 0 Å². The Morgan fingerprint density at radius 3 is 2.82 bits per heavy atom. The van der Waals surface area contributed by atoms with Crippen LogP contribution in [0.4, 0.5) is 0 Å². The van der Waals surface area contributed by atoms with Crippen molar-refractivity contribution in [1.29, 1.82) is 0 Å². The lowest BCUT2D eigenvalue weighted by atomic mass is 10.1. The third-order valence-electron chi connectivity index (χ3n) is 4.92. The van der Waals surface area contributed by atoms with E-state index in [1.54, 1.807) is 12.4 Å². The zero-order chi connectivity index (χ0) is 19.6. The van der Waals surface area contributed by atoms with Crippen LogP contribution < -0.4 is 5.32 Å². The van der Waals surface area contributed by atoms with Gasteiger partial charge in [0.2, 0.25) is 5.91 Å². The highest BCUT2D eigenvalue weighted by molar-refractivity contribution is 5.76. The Labute approximate surface area is 167 Å². The van der Waals surface area contributed by atoms with E-state index >= 15 is 0 Å². The summed E-state index contributed by atoms with van der Waals surface area (Å²) in [6.45, 7) is 5.83. The van der Waals surface area contributed by atoms with E-state index in [0.29, 0.717) is 19.6 Å². The molecular formula is C23H29N3O2. The van der Waals surface area contributed by atoms with Crippen LogP contribution in [0.25, 0.3) is 6.08 Å². The molecule has 0 spiro atoms. The molecule has 1 saturated heterocycles. The molecule has 2 aromatic rings. The molecule has 5 nitrogen and oxygen atoms in total. The van der Waals surface area contributed by atoms with Gasteiger partial charge in [-0.1, -0.05) is 42.0 Å². The van der Waals surface area contributed by atoms with Crippen LogP contribution in [0.15, 0.2) is 60.4 Å². The van der Waals surface area contributed by atoms with Gasteiger partial charge in [0.25, 0.3) is 0 Å². The summed E-state index contributed by atoms with van der Waals surface area (Å²) in [7, 11) is 0. The number of ether oxygens (including phenoxy) is 1. The third-order valence-corrected chi connectivity index (χ3v) is 4.92. The molecule has 0 aliphatic carbocycles. The molecule has 0 saturated carbocycles. The van der Waals surface area contributed by atoms with Gasteiger partial charge in [0.1, 0.15) is 0 Å². The fraction of sp³-hybridized carbons (Fsp3) is 0.391. The molecule has 1 fully saturated rings. The average molecular weight is 380 g/mol. The van der Waals surface area contributed by atoms with Crippen LogP contribution in [-0.4, -0.2) is 54.7 Å². The molecule has 0 bridgehead atoms. The van der Waals surface area contributed by atoms with Crippen molar-refractivity contribution >= 4 is 12.0 Å². The molecule has 0 unspecified atom stereocenters. The largest absolute Gasteiger partial charge is 0.378 e. The number of carbonyl (C=O) groups is 1. The number of hydrogen-bond acceptors (Lipinski definition) is 4. The highest BCUT2D eigenvalue weighted by Gasteiger charge is 2.25. The van der Waals surface area contributed by atoms with Crippen molar-refractivity contribution in [2.24, 2.45) is 0 Å². The highest BCUT2D eigenvalue weighted by Crippen LogP contribution is 2.15. The van der Waals surface area contributed by atoms with Gasteiger partial charge in [-0.3, -0.25) is 14.7 Å². The summed E-state index contributed by atoms with van der Waals surface area (Å²) in [5.41, 5.74) is 3.68. The molecule has 1 aromatic carbocycles. The average Bonchev–Trinajstić information content (AvgIpc) is 2.71. The Balaban J connectivity index is 1.48. The number of pyridine rings is 1. The Bertz CT molecular complexity index is 762. The van der Waals surface area contributed by atoms with Crippen molar-refractivity contribution in [2.45, 2.75) is 25.8 Å². The molecule has 3 rings (SSSR count). The third kappa shape index (κ3) is 6.59. The van der Waals surface area contributed by atoms with Crippen molar-refractivity contribution in [3.63, 3.8) is 0 Å². The maximum Gasteiger partial charge on any atom is 0.221 e. The molecular weight excluding hydrogens is 350 g/mol. The Morgan fingerprint density at radius 2 is 2.04 bits per heavy atom. The number of benzene rings is 1. The second kappa shape index (κ2) is 10.7. The normalized spacial score (nSPS) is 18.0. The van der Waals surface area contributed by atoms with Gasteiger partial charge in [-0.15, -0.1) is 0 Å². The SMILES string of the molecule is C/C(=C\c1ccccc1)CN1CCOC[C@@H]1CC(=O)NCCc1ccncc1. The Kier molecular flexibility index (Phi) is 7.76. The number of nitrogens with one attached hydrogen (secondary N) is 1. The van der Waals surface area contributed by atoms with Crippen LogP contribution in [0, 0.1) is 0 Å². The van der Waals surface area contributed by atoms with E-state index in [1.165, 1.54) is 16.7 Å². The zero-order valence-corrected chi connectivity index (χ0v) is 16.5. The lowest BCUT2D eigenvalue weighted by molar-refractivity contribution is -0.124. The summed E-state index contributed by atoms with van der Waals surface area (Å²) in [6.07, 6.45) is 7.05. The number of rotatable bonds is 8. The summed E-state index contributed by atoms with van der Waals surface area (Å²) in [5, 5.41) is 3.04. The molecule has 1 aliphatic heterocycles. The summed E-state index contributed by atoms with van der Waals surface area (Å²) < 4.78 is 5.64. The first-order valence-corrected chi connectivity index (χ1v) is 9.90. The van der Waals surface area contributed by atoms with E-state index in [9.17, 15) is 4.79 Å². The van der Waals surface area contributed by atoms with Crippen LogP contribution in [-0.2, 0) is 16.0 Å². The summed E-state index contributed by atoms with van der Waals surface area (Å²) in [4.78, 5) is 18.8. The molecule has 1 aromatic heterocycles. The standard InChI is InChI=1S/C23H29N3O2/c1-19(15-21-5-3-2-4-6-21)17-26-13-14-28-18-22(26)16-23(27)25-12-9-20-7-10-24-11-8-20/h2-8,10-11,15,22H,9,12-14,16-18H2,1H3,(H,25,27)/b19-15+/t22-/m0/s1. The molecule has 2 heterocycles. The van der Waals surface area contributed by atoms with Gasteiger partial charge < -0.3 is 10.1 Å². The summed E-state index contributed by atoms with van der Waals surface area (Å²) in [5.74, 6) is 0.0826. The second-order valence-electron chi connectivity index (χ2n) is 7.26. The molecule has 1 aliphatic rings. The Morgan fingerprint density at radius 1 is 1.25 bits per heavy atom. The van der Waals surface area contributed by atoms with Crippen LogP contribution in [0.2, 0.25) is 0 Å². The highest BCUT2D eigenvalue weighted by atomic mass is 16.5. The van der Waals surface area contributed by atoms with Crippen LogP contribution in [0.1, 0.15) is 24.5 Å². The van der Waals surface area contributed by atoms with Gasteiger partial charge in [-0.25, -0.2) is 0 Å². The van der Waals surface area contributed by atoms with Crippen LogP contribution in [0.3, 0.4) is 0 Å². The lowest BCUT2D eigenvalue weighted by Gasteiger charge is -2.35. The topological polar surface area (TPSA) is 54.5 Å². The van der Waals surface area contributed by atoms with Gasteiger partial charge in [0.05, 0.1) is 13.2 Å². The predicted octanol–water partition coefficient (Wildman–Crippen LogP) is 2.93. The van der Waals surface area contributed by atoms with Crippen LogP contribution in [0.5, 0.6) is 0 Å². The van der Waals surface area contributed by atoms with Gasteiger partial charge in [-0.05, 0) is 36.6 Å². The van der Waals surface area contributed by atoms with Crippen molar-refractivity contribution in [3.05, 3.63) is 71.6 Å². The number of amides is 1. The van der Waals surface area contributed by atoms with E-state index in [0.717, 1.165) is 26.1 Å². The number of nitrogens with zero attached hydrogens (tertiary/aromatic N) is 2. The number of aromatic nitrogens is 1. The fourth-order valence-electron chi connectivity index (χ4n) is 3.47. The quantitative estimate of drug-likeness (QED) is 0.766.